The van der Waals surface area contributed by atoms with E-state index in [4.69, 9.17) is 11.6 Å². The van der Waals surface area contributed by atoms with E-state index in [1.807, 2.05) is 0 Å². The number of carbonyl (C=O) groups excluding carboxylic acids is 2. The van der Waals surface area contributed by atoms with Gasteiger partial charge in [-0.1, -0.05) is 0 Å². The molecule has 4 saturated heterocycles. The Labute approximate surface area is 240 Å². The second kappa shape index (κ2) is 12.2. The number of amides is 2. The second-order valence-electron chi connectivity index (χ2n) is 12.7. The standard InChI is InChI=1S/C27H45ClF3N7O2/c1-34(2)16-24(39)36-12-10-18(15-36)26(40)35(3)25(27(29,30)31)17-6-8-19(9-7-17)37-11-4-5-20-21(37)14-32-23-13-22(28)33-38(20)23/h17-23,25,32-33H,4-16H2,1-3H3/t17?,18-,19?,20?,21?,22?,23?,25-/m0/s1. The van der Waals surface area contributed by atoms with Gasteiger partial charge >= 0.3 is 6.18 Å². The van der Waals surface area contributed by atoms with Crippen LogP contribution in [-0.4, -0.2) is 132 Å². The van der Waals surface area contributed by atoms with Crippen LogP contribution in [0.4, 0.5) is 13.2 Å². The third-order valence-corrected chi connectivity index (χ3v) is 10.1. The first kappa shape index (κ1) is 30.3. The van der Waals surface area contributed by atoms with Crippen molar-refractivity contribution < 1.29 is 22.8 Å². The van der Waals surface area contributed by atoms with Crippen LogP contribution in [0.25, 0.3) is 0 Å². The summed E-state index contributed by atoms with van der Waals surface area (Å²) in [7, 11) is 4.89. The quantitative estimate of drug-likeness (QED) is 0.361. The van der Waals surface area contributed by atoms with Crippen LogP contribution >= 0.6 is 11.6 Å². The summed E-state index contributed by atoms with van der Waals surface area (Å²) >= 11 is 6.37. The van der Waals surface area contributed by atoms with E-state index in [-0.39, 0.29) is 36.7 Å². The van der Waals surface area contributed by atoms with Gasteiger partial charge in [-0.25, -0.2) is 10.4 Å². The first-order valence-corrected chi connectivity index (χ1v) is 15.3. The van der Waals surface area contributed by atoms with Crippen molar-refractivity contribution in [2.75, 3.05) is 53.9 Å². The van der Waals surface area contributed by atoms with E-state index in [1.165, 1.54) is 7.05 Å². The van der Waals surface area contributed by atoms with Crippen LogP contribution in [0.1, 0.15) is 51.4 Å². The number of fused-ring (bicyclic) bond motifs is 3. The van der Waals surface area contributed by atoms with Crippen LogP contribution in [0.15, 0.2) is 0 Å². The lowest BCUT2D eigenvalue weighted by atomic mass is 9.78. The van der Waals surface area contributed by atoms with Gasteiger partial charge in [0.15, 0.2) is 0 Å². The van der Waals surface area contributed by atoms with Gasteiger partial charge in [0.25, 0.3) is 0 Å². The number of hydrogen-bond donors (Lipinski definition) is 2. The van der Waals surface area contributed by atoms with Crippen molar-refractivity contribution in [2.45, 2.75) is 93.4 Å². The van der Waals surface area contributed by atoms with Crippen LogP contribution in [0.5, 0.6) is 0 Å². The molecule has 1 saturated carbocycles. The molecule has 4 aliphatic heterocycles. The Hall–Kier alpha value is -1.18. The first-order valence-electron chi connectivity index (χ1n) is 14.9. The lowest BCUT2D eigenvalue weighted by molar-refractivity contribution is -0.203. The number of nitrogens with one attached hydrogen (secondary N) is 2. The van der Waals surface area contributed by atoms with Crippen LogP contribution in [-0.2, 0) is 9.59 Å². The molecule has 6 atom stereocenters. The monoisotopic (exact) mass is 591 g/mol. The molecule has 2 amide bonds. The summed E-state index contributed by atoms with van der Waals surface area (Å²) in [6.45, 7) is 2.66. The molecule has 228 valence electrons. The minimum absolute atomic E-state index is 0.0769. The largest absolute Gasteiger partial charge is 0.409 e. The number of hydrazine groups is 1. The predicted molar refractivity (Wildman–Crippen MR) is 146 cm³/mol. The van der Waals surface area contributed by atoms with Gasteiger partial charge in [-0.2, -0.15) is 13.2 Å². The summed E-state index contributed by atoms with van der Waals surface area (Å²) in [5.74, 6) is -1.80. The fourth-order valence-corrected chi connectivity index (χ4v) is 8.29. The van der Waals surface area contributed by atoms with Gasteiger partial charge in [-0.05, 0) is 71.5 Å². The van der Waals surface area contributed by atoms with Gasteiger partial charge in [0, 0.05) is 51.2 Å². The van der Waals surface area contributed by atoms with E-state index in [9.17, 15) is 22.8 Å². The number of rotatable bonds is 6. The van der Waals surface area contributed by atoms with E-state index in [2.05, 4.69) is 20.7 Å². The Bertz CT molecular complexity index is 919. The van der Waals surface area contributed by atoms with Gasteiger partial charge < -0.3 is 14.7 Å². The van der Waals surface area contributed by atoms with Gasteiger partial charge in [0.2, 0.25) is 11.8 Å². The third kappa shape index (κ3) is 6.27. The highest BCUT2D eigenvalue weighted by molar-refractivity contribution is 6.20. The minimum atomic E-state index is -4.50. The van der Waals surface area contributed by atoms with Crippen LogP contribution in [0.3, 0.4) is 0 Å². The molecule has 0 aromatic carbocycles. The molecule has 0 aromatic heterocycles. The molecule has 5 fully saturated rings. The molecule has 13 heteroatoms. The molecular weight excluding hydrogens is 547 g/mol. The van der Waals surface area contributed by atoms with Crippen LogP contribution < -0.4 is 10.7 Å². The average molecular weight is 592 g/mol. The molecule has 0 bridgehead atoms. The average Bonchev–Trinajstić information content (AvgIpc) is 3.54. The zero-order valence-electron chi connectivity index (χ0n) is 23.9. The van der Waals surface area contributed by atoms with Crippen molar-refractivity contribution in [1.29, 1.82) is 0 Å². The van der Waals surface area contributed by atoms with Gasteiger partial charge in [0.05, 0.1) is 24.1 Å². The van der Waals surface area contributed by atoms with Crippen LogP contribution in [0, 0.1) is 11.8 Å². The summed E-state index contributed by atoms with van der Waals surface area (Å²) in [4.78, 5) is 32.5. The zero-order chi connectivity index (χ0) is 28.8. The fourth-order valence-electron chi connectivity index (χ4n) is 8.01. The number of likely N-dealkylation sites (N-methyl/N-ethyl adjacent to an activating group) is 1. The van der Waals surface area contributed by atoms with Crippen molar-refractivity contribution in [2.24, 2.45) is 11.8 Å². The zero-order valence-corrected chi connectivity index (χ0v) is 24.6. The number of hydrogen-bond acceptors (Lipinski definition) is 7. The first-order chi connectivity index (χ1) is 18.9. The predicted octanol–water partition coefficient (Wildman–Crippen LogP) is 1.88. The van der Waals surface area contributed by atoms with Crippen molar-refractivity contribution >= 4 is 23.4 Å². The Balaban J connectivity index is 1.19. The van der Waals surface area contributed by atoms with Crippen LogP contribution in [0.2, 0.25) is 0 Å². The van der Waals surface area contributed by atoms with E-state index in [0.717, 1.165) is 37.3 Å². The Morgan fingerprint density at radius 3 is 2.42 bits per heavy atom. The Kier molecular flexibility index (Phi) is 9.24. The SMILES string of the molecule is CN(C)CC(=O)N1CC[C@H](C(=O)N(C)[C@@H](C2CCC(N3CCCC4C3CNC3CC(Cl)NN34)CC2)C(F)(F)F)C1. The Morgan fingerprint density at radius 1 is 1.02 bits per heavy atom. The van der Waals surface area contributed by atoms with Gasteiger partial charge in [-0.15, -0.1) is 11.6 Å². The molecule has 4 unspecified atom stereocenters. The number of carbonyl (C=O) groups is 2. The van der Waals surface area contributed by atoms with Crippen molar-refractivity contribution in [3.05, 3.63) is 0 Å². The van der Waals surface area contributed by atoms with Gasteiger partial charge in [-0.3, -0.25) is 19.8 Å². The molecule has 0 spiro atoms. The smallest absolute Gasteiger partial charge is 0.341 e. The summed E-state index contributed by atoms with van der Waals surface area (Å²) in [6, 6.07) is -0.890. The molecular formula is C27H45ClF3N7O2. The highest BCUT2D eigenvalue weighted by Gasteiger charge is 2.52. The lowest BCUT2D eigenvalue weighted by Crippen LogP contribution is -2.70. The molecule has 5 rings (SSSR count). The lowest BCUT2D eigenvalue weighted by Gasteiger charge is -2.53. The van der Waals surface area contributed by atoms with E-state index >= 15 is 0 Å². The van der Waals surface area contributed by atoms with Gasteiger partial charge in [0.1, 0.15) is 6.04 Å². The summed E-state index contributed by atoms with van der Waals surface area (Å²) in [5, 5.41) is 5.90. The highest BCUT2D eigenvalue weighted by atomic mass is 35.5. The molecule has 5 aliphatic rings. The fraction of sp³-hybridized carbons (Fsp3) is 0.926. The maximum atomic E-state index is 14.5. The molecule has 9 nitrogen and oxygen atoms in total. The number of nitrogens with zero attached hydrogens (tertiary/aromatic N) is 5. The van der Waals surface area contributed by atoms with Crippen molar-refractivity contribution in [3.8, 4) is 0 Å². The topological polar surface area (TPSA) is 74.4 Å². The second-order valence-corrected chi connectivity index (χ2v) is 13.3. The third-order valence-electron chi connectivity index (χ3n) is 9.86. The highest BCUT2D eigenvalue weighted by Crippen LogP contribution is 2.41. The molecule has 40 heavy (non-hydrogen) atoms. The molecule has 0 aromatic rings. The number of piperidine rings is 1. The van der Waals surface area contributed by atoms with E-state index < -0.39 is 30.0 Å². The molecule has 0 radical (unpaired) electrons. The van der Waals surface area contributed by atoms with Crippen molar-refractivity contribution in [3.63, 3.8) is 0 Å². The minimum Gasteiger partial charge on any atom is -0.341 e. The van der Waals surface area contributed by atoms with E-state index in [0.29, 0.717) is 50.7 Å². The maximum Gasteiger partial charge on any atom is 0.409 e. The number of halogens is 4. The summed E-state index contributed by atoms with van der Waals surface area (Å²) in [5.41, 5.74) is 3.33. The van der Waals surface area contributed by atoms with Crippen molar-refractivity contribution in [1.82, 2.24) is 35.4 Å². The Morgan fingerprint density at radius 2 is 1.75 bits per heavy atom. The number of alkyl halides is 4. The van der Waals surface area contributed by atoms with E-state index in [1.54, 1.807) is 23.9 Å². The molecule has 4 heterocycles. The number of likely N-dealkylation sites (tertiary alicyclic amines) is 2. The normalized spacial score (nSPS) is 36.4. The molecule has 1 aliphatic carbocycles. The maximum absolute atomic E-state index is 14.5. The summed E-state index contributed by atoms with van der Waals surface area (Å²) in [6.07, 6.45) is 1.44. The molecule has 2 N–H and O–H groups in total. The summed E-state index contributed by atoms with van der Waals surface area (Å²) < 4.78 is 43.4.